The molecule has 0 aliphatic rings. The number of methoxy groups -OCH3 is 1. The highest BCUT2D eigenvalue weighted by Gasteiger charge is 2.21. The van der Waals surface area contributed by atoms with Crippen molar-refractivity contribution in [2.45, 2.75) is 64.5 Å². The van der Waals surface area contributed by atoms with Gasteiger partial charge in [0.2, 0.25) is 0 Å². The van der Waals surface area contributed by atoms with Crippen molar-refractivity contribution >= 4 is 29.3 Å². The van der Waals surface area contributed by atoms with Crippen molar-refractivity contribution in [3.8, 4) is 11.5 Å². The summed E-state index contributed by atoms with van der Waals surface area (Å²) >= 11 is 0. The Kier molecular flexibility index (Phi) is 14.1. The van der Waals surface area contributed by atoms with Gasteiger partial charge in [-0.25, -0.2) is 4.79 Å². The summed E-state index contributed by atoms with van der Waals surface area (Å²) in [5.41, 5.74) is 2.73. The molecule has 2 amide bonds. The third-order valence-electron chi connectivity index (χ3n) is 7.97. The molecule has 9 heteroatoms. The van der Waals surface area contributed by atoms with E-state index in [1.165, 1.54) is 33.3 Å². The average Bonchev–Trinajstić information content (AvgIpc) is 3.11. The van der Waals surface area contributed by atoms with Gasteiger partial charge in [-0.2, -0.15) is 0 Å². The van der Waals surface area contributed by atoms with Crippen LogP contribution in [0, 0.1) is 0 Å². The van der Waals surface area contributed by atoms with Crippen molar-refractivity contribution in [3.63, 3.8) is 0 Å². The Bertz CT molecular complexity index is 1650. The summed E-state index contributed by atoms with van der Waals surface area (Å²) in [7, 11) is 1.47. The van der Waals surface area contributed by atoms with Crippen LogP contribution >= 0.6 is 0 Å². The smallest absolute Gasteiger partial charge is 0.343 e. The molecule has 4 aromatic rings. The lowest BCUT2D eigenvalue weighted by Crippen LogP contribution is -2.41. The number of benzene rings is 4. The van der Waals surface area contributed by atoms with Gasteiger partial charge in [0.05, 0.1) is 18.2 Å². The minimum atomic E-state index is -0.783. The van der Waals surface area contributed by atoms with E-state index in [9.17, 15) is 19.2 Å². The summed E-state index contributed by atoms with van der Waals surface area (Å²) in [6.07, 6.45) is 5.27. The first-order valence-electron chi connectivity index (χ1n) is 16.6. The standard InChI is InChI=1S/C40H44N2O7/c1-4-5-6-7-11-26-48-34-24-18-32(19-25-34)40(46)49-35-22-14-29(15-23-35)27-36(28(2)43)42-38(44)31-16-20-33(21-17-31)41-39(45)37(47-3)30-12-9-8-10-13-30/h8-10,12-25,36-37H,4-7,11,26-27H2,1-3H3,(H,41,45)(H,42,44)/t36-,37-/m0/s1. The third-order valence-corrected chi connectivity index (χ3v) is 7.97. The van der Waals surface area contributed by atoms with Crippen LogP contribution in [0.1, 0.15) is 83.9 Å². The van der Waals surface area contributed by atoms with Gasteiger partial charge in [0, 0.05) is 18.4 Å². The first-order chi connectivity index (χ1) is 23.8. The number of hydrogen-bond donors (Lipinski definition) is 2. The molecule has 256 valence electrons. The number of rotatable bonds is 18. The minimum absolute atomic E-state index is 0.205. The zero-order valence-electron chi connectivity index (χ0n) is 28.3. The van der Waals surface area contributed by atoms with Gasteiger partial charge in [-0.15, -0.1) is 0 Å². The van der Waals surface area contributed by atoms with Gasteiger partial charge in [-0.3, -0.25) is 14.4 Å². The van der Waals surface area contributed by atoms with Gasteiger partial charge in [0.25, 0.3) is 11.8 Å². The van der Waals surface area contributed by atoms with Crippen LogP contribution in [0.2, 0.25) is 0 Å². The molecular formula is C40H44N2O7. The van der Waals surface area contributed by atoms with Crippen LogP contribution in [0.5, 0.6) is 11.5 Å². The van der Waals surface area contributed by atoms with Crippen molar-refractivity contribution in [3.05, 3.63) is 125 Å². The van der Waals surface area contributed by atoms with Gasteiger partial charge in [-0.1, -0.05) is 75.1 Å². The molecule has 0 saturated carbocycles. The molecule has 4 aromatic carbocycles. The topological polar surface area (TPSA) is 120 Å². The lowest BCUT2D eigenvalue weighted by molar-refractivity contribution is -0.126. The van der Waals surface area contributed by atoms with E-state index in [1.54, 1.807) is 72.8 Å². The summed E-state index contributed by atoms with van der Waals surface area (Å²) in [5.74, 6) is -0.394. The SMILES string of the molecule is CCCCCCCOc1ccc(C(=O)Oc2ccc(C[C@H](NC(=O)c3ccc(NC(=O)[C@@H](OC)c4ccccc4)cc3)C(C)=O)cc2)cc1. The number of unbranched alkanes of at least 4 members (excludes halogenated alkanes) is 4. The first-order valence-corrected chi connectivity index (χ1v) is 16.6. The second kappa shape index (κ2) is 18.9. The van der Waals surface area contributed by atoms with Gasteiger partial charge in [0.15, 0.2) is 11.9 Å². The third kappa shape index (κ3) is 11.4. The number of hydrogen-bond acceptors (Lipinski definition) is 7. The molecule has 49 heavy (non-hydrogen) atoms. The maximum atomic E-state index is 13.0. The zero-order chi connectivity index (χ0) is 35.0. The number of amides is 2. The highest BCUT2D eigenvalue weighted by atomic mass is 16.5. The summed E-state index contributed by atoms with van der Waals surface area (Å²) in [6, 6.07) is 28.4. The molecule has 0 radical (unpaired) electrons. The second-order valence-electron chi connectivity index (χ2n) is 11.8. The van der Waals surface area contributed by atoms with E-state index in [0.29, 0.717) is 34.9 Å². The zero-order valence-corrected chi connectivity index (χ0v) is 28.3. The fourth-order valence-electron chi connectivity index (χ4n) is 5.15. The molecule has 0 heterocycles. The van der Waals surface area contributed by atoms with Crippen LogP contribution in [0.15, 0.2) is 103 Å². The molecule has 2 atom stereocenters. The van der Waals surface area contributed by atoms with Gasteiger partial charge >= 0.3 is 5.97 Å². The monoisotopic (exact) mass is 664 g/mol. The molecule has 9 nitrogen and oxygen atoms in total. The molecule has 4 rings (SSSR count). The van der Waals surface area contributed by atoms with Gasteiger partial charge < -0.3 is 24.8 Å². The number of carbonyl (C=O) groups is 4. The quantitative estimate of drug-likeness (QED) is 0.0642. The summed E-state index contributed by atoms with van der Waals surface area (Å²) in [6.45, 7) is 4.25. The summed E-state index contributed by atoms with van der Waals surface area (Å²) in [4.78, 5) is 50.9. The molecule has 0 aliphatic carbocycles. The maximum Gasteiger partial charge on any atom is 0.343 e. The highest BCUT2D eigenvalue weighted by Crippen LogP contribution is 2.21. The predicted octanol–water partition coefficient (Wildman–Crippen LogP) is 7.51. The van der Waals surface area contributed by atoms with Gasteiger partial charge in [-0.05, 0) is 91.6 Å². The Labute approximate surface area is 288 Å². The van der Waals surface area contributed by atoms with Crippen molar-refractivity contribution in [2.75, 3.05) is 19.0 Å². The minimum Gasteiger partial charge on any atom is -0.494 e. The largest absolute Gasteiger partial charge is 0.494 e. The van der Waals surface area contributed by atoms with Crippen LogP contribution in [-0.2, 0) is 20.7 Å². The van der Waals surface area contributed by atoms with Crippen molar-refractivity contribution in [2.24, 2.45) is 0 Å². The molecule has 0 spiro atoms. The Morgan fingerprint density at radius 3 is 1.98 bits per heavy atom. The highest BCUT2D eigenvalue weighted by molar-refractivity contribution is 5.99. The van der Waals surface area contributed by atoms with E-state index in [0.717, 1.165) is 24.0 Å². The molecule has 2 N–H and O–H groups in total. The molecule has 0 aliphatic heterocycles. The Balaban J connectivity index is 1.26. The molecule has 0 saturated heterocycles. The van der Waals surface area contributed by atoms with E-state index in [-0.39, 0.29) is 18.1 Å². The van der Waals surface area contributed by atoms with Crippen molar-refractivity contribution < 1.29 is 33.4 Å². The van der Waals surface area contributed by atoms with Crippen LogP contribution in [0.25, 0.3) is 0 Å². The fourth-order valence-corrected chi connectivity index (χ4v) is 5.15. The molecule has 0 unspecified atom stereocenters. The number of anilines is 1. The Hall–Kier alpha value is -5.28. The lowest BCUT2D eigenvalue weighted by Gasteiger charge is -2.17. The molecular weight excluding hydrogens is 620 g/mol. The van der Waals surface area contributed by atoms with Crippen LogP contribution < -0.4 is 20.1 Å². The average molecular weight is 665 g/mol. The summed E-state index contributed by atoms with van der Waals surface area (Å²) < 4.78 is 16.7. The fraction of sp³-hybridized carbons (Fsp3) is 0.300. The predicted molar refractivity (Wildman–Crippen MR) is 189 cm³/mol. The second-order valence-corrected chi connectivity index (χ2v) is 11.8. The lowest BCUT2D eigenvalue weighted by atomic mass is 10.0. The Morgan fingerprint density at radius 1 is 0.714 bits per heavy atom. The molecule has 0 bridgehead atoms. The van der Waals surface area contributed by atoms with Gasteiger partial charge in [0.1, 0.15) is 11.5 Å². The van der Waals surface area contributed by atoms with Crippen LogP contribution in [0.3, 0.4) is 0 Å². The first kappa shape index (κ1) is 36.6. The molecule has 0 fully saturated rings. The van der Waals surface area contributed by atoms with Crippen molar-refractivity contribution in [1.82, 2.24) is 5.32 Å². The van der Waals surface area contributed by atoms with Crippen LogP contribution in [0.4, 0.5) is 5.69 Å². The van der Waals surface area contributed by atoms with E-state index in [1.807, 2.05) is 30.3 Å². The number of esters is 1. The number of ether oxygens (including phenoxy) is 3. The van der Waals surface area contributed by atoms with E-state index >= 15 is 0 Å². The number of carbonyl (C=O) groups excluding carboxylic acids is 4. The normalized spacial score (nSPS) is 12.0. The van der Waals surface area contributed by atoms with E-state index in [2.05, 4.69) is 17.6 Å². The number of ketones is 1. The summed E-state index contributed by atoms with van der Waals surface area (Å²) in [5, 5.41) is 5.60. The van der Waals surface area contributed by atoms with Crippen molar-refractivity contribution in [1.29, 1.82) is 0 Å². The van der Waals surface area contributed by atoms with E-state index in [4.69, 9.17) is 14.2 Å². The van der Waals surface area contributed by atoms with E-state index < -0.39 is 24.0 Å². The maximum absolute atomic E-state index is 13.0. The number of Topliss-reactive ketones (excluding diaryl/α,β-unsaturated/α-hetero) is 1. The Morgan fingerprint density at radius 2 is 1.35 bits per heavy atom. The molecule has 0 aromatic heterocycles. The van der Waals surface area contributed by atoms with Crippen LogP contribution in [-0.4, -0.2) is 43.3 Å². The number of nitrogens with one attached hydrogen (secondary N) is 2.